The Labute approximate surface area is 148 Å². The van der Waals surface area contributed by atoms with Crippen LogP contribution in [-0.2, 0) is 4.79 Å². The van der Waals surface area contributed by atoms with Crippen molar-refractivity contribution in [2.24, 2.45) is 0 Å². The maximum absolute atomic E-state index is 14.1. The number of hydrogen-bond donors (Lipinski definition) is 0. The molecule has 2 fully saturated rings. The van der Waals surface area contributed by atoms with Crippen LogP contribution in [-0.4, -0.2) is 54.0 Å². The van der Waals surface area contributed by atoms with Gasteiger partial charge in [0, 0.05) is 19.6 Å². The third-order valence-electron chi connectivity index (χ3n) is 5.46. The molecule has 6 heteroatoms. The molecule has 1 atom stereocenters. The molecule has 1 aliphatic heterocycles. The van der Waals surface area contributed by atoms with Gasteiger partial charge in [-0.05, 0) is 31.5 Å². The van der Waals surface area contributed by atoms with Crippen molar-refractivity contribution in [2.45, 2.75) is 51.1 Å². The molecule has 0 N–H and O–H groups in total. The van der Waals surface area contributed by atoms with Gasteiger partial charge in [-0.3, -0.25) is 9.69 Å². The highest BCUT2D eigenvalue weighted by Gasteiger charge is 2.45. The van der Waals surface area contributed by atoms with E-state index in [1.165, 1.54) is 36.3 Å². The van der Waals surface area contributed by atoms with Gasteiger partial charge in [-0.15, -0.1) is 0 Å². The van der Waals surface area contributed by atoms with E-state index in [4.69, 9.17) is 0 Å². The fourth-order valence-electron chi connectivity index (χ4n) is 3.96. The van der Waals surface area contributed by atoms with Gasteiger partial charge in [0.1, 0.15) is 11.9 Å². The Morgan fingerprint density at radius 2 is 1.84 bits per heavy atom. The fourth-order valence-corrected chi connectivity index (χ4v) is 3.96. The summed E-state index contributed by atoms with van der Waals surface area (Å²) in [5.74, 6) is -0.898. The summed E-state index contributed by atoms with van der Waals surface area (Å²) in [4.78, 5) is 30.2. The molecule has 5 nitrogen and oxygen atoms in total. The number of carbonyl (C=O) groups is 2. The van der Waals surface area contributed by atoms with Crippen LogP contribution < -0.4 is 4.90 Å². The zero-order valence-electron chi connectivity index (χ0n) is 14.9. The van der Waals surface area contributed by atoms with Crippen molar-refractivity contribution < 1.29 is 14.0 Å². The van der Waals surface area contributed by atoms with E-state index in [1.54, 1.807) is 19.2 Å². The molecule has 0 spiro atoms. The number of benzene rings is 1. The van der Waals surface area contributed by atoms with E-state index in [0.717, 1.165) is 24.3 Å². The second-order valence-electron chi connectivity index (χ2n) is 6.91. The van der Waals surface area contributed by atoms with Crippen molar-refractivity contribution in [1.82, 2.24) is 9.80 Å². The standard InChI is InChI=1S/C19H26FN3O2/c1-3-22(14-9-5-4-6-10-14)13-17-18(24)23(19(25)21(17)2)16-12-8-7-11-15(16)20/h7-8,11-12,14,17H,3-6,9-10,13H2,1-2H3. The molecule has 0 aromatic heterocycles. The second kappa shape index (κ2) is 7.52. The molecule has 25 heavy (non-hydrogen) atoms. The molecule has 1 unspecified atom stereocenters. The van der Waals surface area contributed by atoms with Gasteiger partial charge >= 0.3 is 6.03 Å². The number of nitrogens with zero attached hydrogens (tertiary/aromatic N) is 3. The van der Waals surface area contributed by atoms with Crippen molar-refractivity contribution in [3.63, 3.8) is 0 Å². The smallest absolute Gasteiger partial charge is 0.314 e. The molecular weight excluding hydrogens is 321 g/mol. The Kier molecular flexibility index (Phi) is 5.37. The van der Waals surface area contributed by atoms with Crippen molar-refractivity contribution >= 4 is 17.6 Å². The van der Waals surface area contributed by atoms with Crippen LogP contribution >= 0.6 is 0 Å². The second-order valence-corrected chi connectivity index (χ2v) is 6.91. The maximum atomic E-state index is 14.1. The summed E-state index contributed by atoms with van der Waals surface area (Å²) in [6.07, 6.45) is 5.99. The molecular formula is C19H26FN3O2. The SMILES string of the molecule is CCN(CC1C(=O)N(c2ccccc2F)C(=O)N1C)C1CCCCC1. The lowest BCUT2D eigenvalue weighted by Gasteiger charge is -2.35. The Bertz CT molecular complexity index is 645. The zero-order chi connectivity index (χ0) is 18.0. The third kappa shape index (κ3) is 3.40. The summed E-state index contributed by atoms with van der Waals surface area (Å²) < 4.78 is 14.1. The van der Waals surface area contributed by atoms with Crippen molar-refractivity contribution in [2.75, 3.05) is 25.0 Å². The van der Waals surface area contributed by atoms with Crippen LogP contribution in [0, 0.1) is 5.82 Å². The monoisotopic (exact) mass is 347 g/mol. The van der Waals surface area contributed by atoms with Gasteiger partial charge in [-0.2, -0.15) is 0 Å². The van der Waals surface area contributed by atoms with E-state index in [9.17, 15) is 14.0 Å². The third-order valence-corrected chi connectivity index (χ3v) is 5.46. The van der Waals surface area contributed by atoms with Crippen molar-refractivity contribution in [3.8, 4) is 0 Å². The normalized spacial score (nSPS) is 22.3. The molecule has 1 aliphatic carbocycles. The summed E-state index contributed by atoms with van der Waals surface area (Å²) in [6, 6.07) is 5.37. The lowest BCUT2D eigenvalue weighted by molar-refractivity contribution is -0.120. The number of anilines is 1. The summed E-state index contributed by atoms with van der Waals surface area (Å²) in [7, 11) is 1.63. The van der Waals surface area contributed by atoms with Gasteiger partial charge in [-0.1, -0.05) is 38.3 Å². The number of halogens is 1. The van der Waals surface area contributed by atoms with Gasteiger partial charge < -0.3 is 4.90 Å². The number of hydrogen-bond acceptors (Lipinski definition) is 3. The number of amides is 3. The van der Waals surface area contributed by atoms with Crippen LogP contribution in [0.5, 0.6) is 0 Å². The van der Waals surface area contributed by atoms with Crippen molar-refractivity contribution in [3.05, 3.63) is 30.1 Å². The highest BCUT2D eigenvalue weighted by molar-refractivity contribution is 6.21. The first kappa shape index (κ1) is 17.9. The van der Waals surface area contributed by atoms with Crippen LogP contribution in [0.15, 0.2) is 24.3 Å². The average molecular weight is 347 g/mol. The molecule has 1 aromatic rings. The molecule has 1 aromatic carbocycles. The fraction of sp³-hybridized carbons (Fsp3) is 0.579. The van der Waals surface area contributed by atoms with E-state index in [2.05, 4.69) is 11.8 Å². The van der Waals surface area contributed by atoms with E-state index in [1.807, 2.05) is 0 Å². The van der Waals surface area contributed by atoms with E-state index in [-0.39, 0.29) is 11.6 Å². The number of urea groups is 1. The van der Waals surface area contributed by atoms with E-state index < -0.39 is 17.9 Å². The van der Waals surface area contributed by atoms with Gasteiger partial charge in [0.25, 0.3) is 5.91 Å². The lowest BCUT2D eigenvalue weighted by atomic mass is 9.94. The summed E-state index contributed by atoms with van der Waals surface area (Å²) >= 11 is 0. The minimum Gasteiger partial charge on any atom is -0.314 e. The Morgan fingerprint density at radius 1 is 1.16 bits per heavy atom. The van der Waals surface area contributed by atoms with Gasteiger partial charge in [0.2, 0.25) is 0 Å². The summed E-state index contributed by atoms with van der Waals surface area (Å²) in [6.45, 7) is 3.44. The Balaban J connectivity index is 1.79. The van der Waals surface area contributed by atoms with Crippen LogP contribution in [0.25, 0.3) is 0 Å². The van der Waals surface area contributed by atoms with Crippen LogP contribution in [0.4, 0.5) is 14.9 Å². The first-order valence-electron chi connectivity index (χ1n) is 9.14. The molecule has 1 saturated heterocycles. The molecule has 0 radical (unpaired) electrons. The van der Waals surface area contributed by atoms with Crippen LogP contribution in [0.2, 0.25) is 0 Å². The minimum atomic E-state index is -0.561. The largest absolute Gasteiger partial charge is 0.331 e. The predicted octanol–water partition coefficient (Wildman–Crippen LogP) is 3.25. The van der Waals surface area contributed by atoms with E-state index >= 15 is 0 Å². The molecule has 2 aliphatic rings. The van der Waals surface area contributed by atoms with E-state index in [0.29, 0.717) is 12.6 Å². The topological polar surface area (TPSA) is 43.9 Å². The first-order valence-corrected chi connectivity index (χ1v) is 9.14. The number of imide groups is 1. The zero-order valence-corrected chi connectivity index (χ0v) is 14.9. The number of rotatable bonds is 5. The lowest BCUT2D eigenvalue weighted by Crippen LogP contribution is -2.47. The van der Waals surface area contributed by atoms with Gasteiger partial charge in [0.15, 0.2) is 0 Å². The molecule has 1 heterocycles. The first-order chi connectivity index (χ1) is 12.0. The van der Waals surface area contributed by atoms with Crippen molar-refractivity contribution in [1.29, 1.82) is 0 Å². The molecule has 1 saturated carbocycles. The molecule has 3 rings (SSSR count). The highest BCUT2D eigenvalue weighted by Crippen LogP contribution is 2.28. The maximum Gasteiger partial charge on any atom is 0.331 e. The Morgan fingerprint density at radius 3 is 2.48 bits per heavy atom. The minimum absolute atomic E-state index is 0.0348. The van der Waals surface area contributed by atoms with Gasteiger partial charge in [0.05, 0.1) is 5.69 Å². The summed E-state index contributed by atoms with van der Waals surface area (Å²) in [5, 5.41) is 0. The number of carbonyl (C=O) groups excluding carboxylic acids is 2. The predicted molar refractivity (Wildman–Crippen MR) is 95.0 cm³/mol. The highest BCUT2D eigenvalue weighted by atomic mass is 19.1. The quantitative estimate of drug-likeness (QED) is 0.768. The summed E-state index contributed by atoms with van der Waals surface area (Å²) in [5.41, 5.74) is 0.0348. The van der Waals surface area contributed by atoms with Crippen LogP contribution in [0.1, 0.15) is 39.0 Å². The Hall–Kier alpha value is -1.95. The van der Waals surface area contributed by atoms with Gasteiger partial charge in [-0.25, -0.2) is 14.1 Å². The number of para-hydroxylation sites is 1. The average Bonchev–Trinajstić information content (AvgIpc) is 2.84. The molecule has 3 amide bonds. The van der Waals surface area contributed by atoms with Crippen LogP contribution in [0.3, 0.4) is 0 Å². The molecule has 0 bridgehead atoms. The molecule has 136 valence electrons. The number of likely N-dealkylation sites (N-methyl/N-ethyl adjacent to an activating group) is 2.